The van der Waals surface area contributed by atoms with Crippen molar-refractivity contribution in [3.05, 3.63) is 33.9 Å². The van der Waals surface area contributed by atoms with E-state index in [-0.39, 0.29) is 0 Å². The van der Waals surface area contributed by atoms with E-state index in [1.807, 2.05) is 0 Å². The molecule has 0 saturated heterocycles. The van der Waals surface area contributed by atoms with Gasteiger partial charge >= 0.3 is 0 Å². The molecule has 0 amide bonds. The van der Waals surface area contributed by atoms with E-state index in [1.54, 1.807) is 11.1 Å². The monoisotopic (exact) mass is 189 g/mol. The van der Waals surface area contributed by atoms with Gasteiger partial charge in [-0.15, -0.1) is 0 Å². The van der Waals surface area contributed by atoms with Gasteiger partial charge in [0.2, 0.25) is 0 Å². The number of fused-ring (bicyclic) bond motifs is 1. The normalized spacial score (nSPS) is 19.9. The third-order valence-electron chi connectivity index (χ3n) is 3.61. The van der Waals surface area contributed by atoms with Gasteiger partial charge in [0, 0.05) is 6.04 Å². The molecule has 0 aliphatic heterocycles. The fourth-order valence-electron chi connectivity index (χ4n) is 2.70. The number of aryl methyl sites for hydroxylation is 2. The second-order valence-corrected chi connectivity index (χ2v) is 4.41. The summed E-state index contributed by atoms with van der Waals surface area (Å²) in [6.45, 7) is 6.71. The second-order valence-electron chi connectivity index (χ2n) is 4.41. The van der Waals surface area contributed by atoms with E-state index >= 15 is 0 Å². The molecule has 0 bridgehead atoms. The Kier molecular flexibility index (Phi) is 2.36. The molecule has 1 unspecified atom stereocenters. The molecule has 1 aliphatic carbocycles. The van der Waals surface area contributed by atoms with E-state index in [9.17, 15) is 0 Å². The van der Waals surface area contributed by atoms with Crippen LogP contribution in [0.5, 0.6) is 0 Å². The van der Waals surface area contributed by atoms with Crippen LogP contribution in [0.15, 0.2) is 6.07 Å². The molecule has 14 heavy (non-hydrogen) atoms. The van der Waals surface area contributed by atoms with E-state index in [1.165, 1.54) is 29.5 Å². The quantitative estimate of drug-likeness (QED) is 0.716. The molecule has 0 radical (unpaired) electrons. The van der Waals surface area contributed by atoms with Gasteiger partial charge in [0.05, 0.1) is 0 Å². The highest BCUT2D eigenvalue weighted by atomic mass is 14.9. The predicted octanol–water partition coefficient (Wildman–Crippen LogP) is 2.82. The Morgan fingerprint density at radius 3 is 2.57 bits per heavy atom. The highest BCUT2D eigenvalue weighted by Gasteiger charge is 2.24. The fraction of sp³-hybridized carbons (Fsp3) is 0.538. The van der Waals surface area contributed by atoms with Crippen molar-refractivity contribution in [2.45, 2.75) is 39.7 Å². The van der Waals surface area contributed by atoms with Crippen molar-refractivity contribution in [3.63, 3.8) is 0 Å². The molecule has 76 valence electrons. The summed E-state index contributed by atoms with van der Waals surface area (Å²) in [6, 6.07) is 2.91. The van der Waals surface area contributed by atoms with Crippen molar-refractivity contribution in [2.24, 2.45) is 0 Å². The lowest BCUT2D eigenvalue weighted by molar-refractivity contribution is 0.588. The lowest BCUT2D eigenvalue weighted by Crippen LogP contribution is -2.14. The van der Waals surface area contributed by atoms with Gasteiger partial charge in [-0.25, -0.2) is 0 Å². The average molecular weight is 189 g/mol. The Morgan fingerprint density at radius 2 is 1.93 bits per heavy atom. The maximum absolute atomic E-state index is 3.42. The molecular weight excluding hydrogens is 170 g/mol. The number of hydrogen-bond acceptors (Lipinski definition) is 1. The first-order valence-electron chi connectivity index (χ1n) is 5.42. The molecule has 1 aliphatic rings. The van der Waals surface area contributed by atoms with E-state index < -0.39 is 0 Å². The van der Waals surface area contributed by atoms with Crippen molar-refractivity contribution < 1.29 is 0 Å². The van der Waals surface area contributed by atoms with Crippen molar-refractivity contribution in [3.8, 4) is 0 Å². The third kappa shape index (κ3) is 1.27. The minimum atomic E-state index is 0.587. The summed E-state index contributed by atoms with van der Waals surface area (Å²) in [4.78, 5) is 0. The van der Waals surface area contributed by atoms with E-state index in [4.69, 9.17) is 0 Å². The molecule has 0 heterocycles. The van der Waals surface area contributed by atoms with Crippen LogP contribution in [-0.4, -0.2) is 7.05 Å². The summed E-state index contributed by atoms with van der Waals surface area (Å²) in [7, 11) is 2.07. The summed E-state index contributed by atoms with van der Waals surface area (Å²) in [5, 5.41) is 3.42. The summed E-state index contributed by atoms with van der Waals surface area (Å²) < 4.78 is 0. The molecule has 1 aromatic rings. The Balaban J connectivity index is 2.62. The zero-order valence-corrected chi connectivity index (χ0v) is 9.57. The standard InChI is InChI=1S/C13H19N/c1-8-7-9(2)11-5-6-12(14-4)13(11)10(8)3/h7,12,14H,5-6H2,1-4H3. The van der Waals surface area contributed by atoms with Crippen LogP contribution in [0.4, 0.5) is 0 Å². The van der Waals surface area contributed by atoms with Gasteiger partial charge in [-0.1, -0.05) is 6.07 Å². The maximum atomic E-state index is 3.42. The van der Waals surface area contributed by atoms with Gasteiger partial charge in [0.25, 0.3) is 0 Å². The highest BCUT2D eigenvalue weighted by molar-refractivity contribution is 5.48. The first kappa shape index (κ1) is 9.72. The molecule has 1 N–H and O–H groups in total. The minimum absolute atomic E-state index is 0.587. The number of nitrogens with one attached hydrogen (secondary N) is 1. The van der Waals surface area contributed by atoms with Crippen molar-refractivity contribution in [1.29, 1.82) is 0 Å². The molecule has 0 saturated carbocycles. The van der Waals surface area contributed by atoms with Gasteiger partial charge in [0.1, 0.15) is 0 Å². The first-order valence-corrected chi connectivity index (χ1v) is 5.42. The van der Waals surface area contributed by atoms with Crippen LogP contribution in [0, 0.1) is 20.8 Å². The van der Waals surface area contributed by atoms with Gasteiger partial charge in [-0.3, -0.25) is 0 Å². The molecule has 1 heteroatoms. The van der Waals surface area contributed by atoms with Crippen molar-refractivity contribution in [2.75, 3.05) is 7.05 Å². The number of hydrogen-bond donors (Lipinski definition) is 1. The molecular formula is C13H19N. The van der Waals surface area contributed by atoms with Gasteiger partial charge in [0.15, 0.2) is 0 Å². The number of rotatable bonds is 1. The Labute approximate surface area is 86.5 Å². The maximum Gasteiger partial charge on any atom is 0.0326 e. The van der Waals surface area contributed by atoms with Crippen LogP contribution in [0.2, 0.25) is 0 Å². The fourth-order valence-corrected chi connectivity index (χ4v) is 2.70. The largest absolute Gasteiger partial charge is 0.313 e. The Bertz CT molecular complexity index is 366. The van der Waals surface area contributed by atoms with Gasteiger partial charge in [-0.05, 0) is 68.5 Å². The smallest absolute Gasteiger partial charge is 0.0326 e. The molecule has 1 nitrogen and oxygen atoms in total. The summed E-state index contributed by atoms with van der Waals surface area (Å²) in [5.41, 5.74) is 7.56. The summed E-state index contributed by atoms with van der Waals surface area (Å²) in [6.07, 6.45) is 2.50. The second kappa shape index (κ2) is 3.39. The lowest BCUT2D eigenvalue weighted by atomic mass is 9.94. The van der Waals surface area contributed by atoms with Crippen LogP contribution in [0.3, 0.4) is 0 Å². The van der Waals surface area contributed by atoms with Crippen LogP contribution in [0.1, 0.15) is 40.3 Å². The minimum Gasteiger partial charge on any atom is -0.313 e. The molecule has 1 atom stereocenters. The van der Waals surface area contributed by atoms with Crippen LogP contribution < -0.4 is 5.32 Å². The van der Waals surface area contributed by atoms with Crippen LogP contribution in [0.25, 0.3) is 0 Å². The van der Waals surface area contributed by atoms with Crippen molar-refractivity contribution in [1.82, 2.24) is 5.32 Å². The topological polar surface area (TPSA) is 12.0 Å². The van der Waals surface area contributed by atoms with E-state index in [0.717, 1.165) is 0 Å². The Morgan fingerprint density at radius 1 is 1.21 bits per heavy atom. The van der Waals surface area contributed by atoms with Gasteiger partial charge < -0.3 is 5.32 Å². The molecule has 2 rings (SSSR count). The van der Waals surface area contributed by atoms with Gasteiger partial charge in [-0.2, -0.15) is 0 Å². The molecule has 0 aromatic heterocycles. The molecule has 0 spiro atoms. The van der Waals surface area contributed by atoms with Crippen LogP contribution >= 0.6 is 0 Å². The zero-order valence-electron chi connectivity index (χ0n) is 9.57. The summed E-state index contributed by atoms with van der Waals surface area (Å²) in [5.74, 6) is 0. The first-order chi connectivity index (χ1) is 6.65. The molecule has 0 fully saturated rings. The van der Waals surface area contributed by atoms with E-state index in [2.05, 4.69) is 39.2 Å². The lowest BCUT2D eigenvalue weighted by Gasteiger charge is -2.16. The SMILES string of the molecule is CNC1CCc2c(C)cc(C)c(C)c21. The summed E-state index contributed by atoms with van der Waals surface area (Å²) >= 11 is 0. The zero-order chi connectivity index (χ0) is 10.3. The predicted molar refractivity (Wildman–Crippen MR) is 60.8 cm³/mol. The highest BCUT2D eigenvalue weighted by Crippen LogP contribution is 2.36. The number of benzene rings is 1. The third-order valence-corrected chi connectivity index (χ3v) is 3.61. The molecule has 1 aromatic carbocycles. The average Bonchev–Trinajstić information content (AvgIpc) is 2.58. The van der Waals surface area contributed by atoms with E-state index in [0.29, 0.717) is 6.04 Å². The van der Waals surface area contributed by atoms with Crippen molar-refractivity contribution >= 4 is 0 Å². The Hall–Kier alpha value is -0.820. The van der Waals surface area contributed by atoms with Crippen LogP contribution in [-0.2, 0) is 6.42 Å².